The molecule has 0 radical (unpaired) electrons. The zero-order valence-corrected chi connectivity index (χ0v) is 12.9. The van der Waals surface area contributed by atoms with Crippen molar-refractivity contribution in [1.29, 1.82) is 0 Å². The zero-order valence-electron chi connectivity index (χ0n) is 12.1. The smallest absolute Gasteiger partial charge is 0.0702 e. The normalized spacial score (nSPS) is 19.4. The van der Waals surface area contributed by atoms with E-state index in [-0.39, 0.29) is 6.61 Å². The Morgan fingerprint density at radius 1 is 1.32 bits per heavy atom. The molecule has 0 atom stereocenters. The Kier molecular flexibility index (Phi) is 4.42. The summed E-state index contributed by atoms with van der Waals surface area (Å²) in [4.78, 5) is 2.27. The van der Waals surface area contributed by atoms with Crippen molar-refractivity contribution in [2.45, 2.75) is 52.2 Å². The number of para-hydroxylation sites is 1. The minimum absolute atomic E-state index is 0.0401. The minimum atomic E-state index is 0.0401. The molecule has 1 aromatic rings. The summed E-state index contributed by atoms with van der Waals surface area (Å²) in [7, 11) is 2.10. The van der Waals surface area contributed by atoms with E-state index in [1.165, 1.54) is 25.7 Å². The van der Waals surface area contributed by atoms with E-state index in [2.05, 4.69) is 25.8 Å². The van der Waals surface area contributed by atoms with E-state index in [9.17, 15) is 5.11 Å². The van der Waals surface area contributed by atoms with E-state index in [1.807, 2.05) is 18.2 Å². The Balaban J connectivity index is 2.18. The Morgan fingerprint density at radius 2 is 1.95 bits per heavy atom. The third-order valence-electron chi connectivity index (χ3n) is 4.45. The second-order valence-corrected chi connectivity index (χ2v) is 6.82. The summed E-state index contributed by atoms with van der Waals surface area (Å²) in [6, 6.07) is 6.28. The van der Waals surface area contributed by atoms with Gasteiger partial charge in [-0.2, -0.15) is 0 Å². The molecule has 2 rings (SSSR count). The molecule has 1 aliphatic rings. The Morgan fingerprint density at radius 3 is 2.53 bits per heavy atom. The summed E-state index contributed by atoms with van der Waals surface area (Å²) in [5.41, 5.74) is 2.38. The monoisotopic (exact) mass is 281 g/mol. The third-order valence-corrected chi connectivity index (χ3v) is 4.75. The number of benzene rings is 1. The average Bonchev–Trinajstić information content (AvgIpc) is 2.37. The summed E-state index contributed by atoms with van der Waals surface area (Å²) in [5.74, 6) is 0. The molecule has 0 aromatic heterocycles. The van der Waals surface area contributed by atoms with Crippen LogP contribution in [0.25, 0.3) is 0 Å². The van der Waals surface area contributed by atoms with Gasteiger partial charge in [0.05, 0.1) is 17.3 Å². The molecule has 1 N–H and O–H groups in total. The van der Waals surface area contributed by atoms with E-state index in [1.54, 1.807) is 0 Å². The van der Waals surface area contributed by atoms with Gasteiger partial charge in [-0.3, -0.25) is 0 Å². The van der Waals surface area contributed by atoms with Gasteiger partial charge in [-0.25, -0.2) is 0 Å². The molecule has 0 heterocycles. The molecular formula is C16H24ClNO. The first kappa shape index (κ1) is 14.7. The molecule has 3 heteroatoms. The third kappa shape index (κ3) is 3.24. The number of hydrogen-bond acceptors (Lipinski definition) is 2. The SMILES string of the molecule is CN(c1c(Cl)cccc1CO)C1CCC(C)(C)CC1. The maximum Gasteiger partial charge on any atom is 0.0702 e. The van der Waals surface area contributed by atoms with Crippen LogP contribution in [-0.2, 0) is 6.61 Å². The van der Waals surface area contributed by atoms with Gasteiger partial charge >= 0.3 is 0 Å². The second kappa shape index (κ2) is 5.72. The molecule has 0 bridgehead atoms. The molecule has 0 spiro atoms. The summed E-state index contributed by atoms with van der Waals surface area (Å²) < 4.78 is 0. The zero-order chi connectivity index (χ0) is 14.0. The Bertz CT molecular complexity index is 434. The lowest BCUT2D eigenvalue weighted by atomic mass is 9.75. The predicted molar refractivity (Wildman–Crippen MR) is 81.8 cm³/mol. The van der Waals surface area contributed by atoms with Gasteiger partial charge in [0.1, 0.15) is 0 Å². The first-order valence-corrected chi connectivity index (χ1v) is 7.43. The standard InChI is InChI=1S/C16H24ClNO/c1-16(2)9-7-13(8-10-16)18(3)15-12(11-19)5-4-6-14(15)17/h4-6,13,19H,7-11H2,1-3H3. The van der Waals surface area contributed by atoms with Gasteiger partial charge in [-0.15, -0.1) is 0 Å². The van der Waals surface area contributed by atoms with Crippen molar-refractivity contribution in [2.24, 2.45) is 5.41 Å². The van der Waals surface area contributed by atoms with Crippen LogP contribution in [0.2, 0.25) is 5.02 Å². The van der Waals surface area contributed by atoms with Crippen LogP contribution < -0.4 is 4.90 Å². The van der Waals surface area contributed by atoms with Gasteiger partial charge in [0, 0.05) is 18.7 Å². The molecule has 1 aromatic carbocycles. The number of aliphatic hydroxyl groups is 1. The largest absolute Gasteiger partial charge is 0.392 e. The fourth-order valence-electron chi connectivity index (χ4n) is 3.04. The number of hydrogen-bond donors (Lipinski definition) is 1. The van der Waals surface area contributed by atoms with Crippen molar-refractivity contribution in [3.63, 3.8) is 0 Å². The summed E-state index contributed by atoms with van der Waals surface area (Å²) in [6.45, 7) is 4.73. The molecule has 1 saturated carbocycles. The molecule has 0 saturated heterocycles. The number of rotatable bonds is 3. The summed E-state index contributed by atoms with van der Waals surface area (Å²) in [6.07, 6.45) is 4.89. The lowest BCUT2D eigenvalue weighted by Gasteiger charge is -2.40. The van der Waals surface area contributed by atoms with Gasteiger partial charge in [0.15, 0.2) is 0 Å². The van der Waals surface area contributed by atoms with E-state index in [0.717, 1.165) is 16.3 Å². The first-order chi connectivity index (χ1) is 8.94. The van der Waals surface area contributed by atoms with Crippen LogP contribution in [0, 0.1) is 5.41 Å². The predicted octanol–water partition coefficient (Wildman–Crippen LogP) is 4.24. The van der Waals surface area contributed by atoms with E-state index >= 15 is 0 Å². The molecule has 0 aliphatic heterocycles. The summed E-state index contributed by atoms with van der Waals surface area (Å²) in [5, 5.41) is 10.2. The van der Waals surface area contributed by atoms with Gasteiger partial charge in [0.25, 0.3) is 0 Å². The molecule has 1 fully saturated rings. The van der Waals surface area contributed by atoms with Crippen LogP contribution in [0.4, 0.5) is 5.69 Å². The minimum Gasteiger partial charge on any atom is -0.392 e. The molecule has 2 nitrogen and oxygen atoms in total. The van der Waals surface area contributed by atoms with Crippen molar-refractivity contribution < 1.29 is 5.11 Å². The van der Waals surface area contributed by atoms with Crippen LogP contribution in [0.5, 0.6) is 0 Å². The van der Waals surface area contributed by atoms with Gasteiger partial charge < -0.3 is 10.0 Å². The highest BCUT2D eigenvalue weighted by Gasteiger charge is 2.30. The lowest BCUT2D eigenvalue weighted by Crippen LogP contribution is -2.37. The van der Waals surface area contributed by atoms with Gasteiger partial charge in [-0.05, 0) is 37.2 Å². The number of halogens is 1. The molecular weight excluding hydrogens is 258 g/mol. The number of aliphatic hydroxyl groups excluding tert-OH is 1. The fourth-order valence-corrected chi connectivity index (χ4v) is 3.36. The first-order valence-electron chi connectivity index (χ1n) is 7.06. The Labute approximate surface area is 121 Å². The van der Waals surface area contributed by atoms with E-state index in [0.29, 0.717) is 11.5 Å². The lowest BCUT2D eigenvalue weighted by molar-refractivity contribution is 0.222. The highest BCUT2D eigenvalue weighted by atomic mass is 35.5. The number of nitrogens with zero attached hydrogens (tertiary/aromatic N) is 1. The van der Waals surface area contributed by atoms with Crippen LogP contribution >= 0.6 is 11.6 Å². The van der Waals surface area contributed by atoms with Crippen molar-refractivity contribution in [2.75, 3.05) is 11.9 Å². The van der Waals surface area contributed by atoms with Crippen molar-refractivity contribution in [1.82, 2.24) is 0 Å². The average molecular weight is 282 g/mol. The maximum atomic E-state index is 9.49. The van der Waals surface area contributed by atoms with Gasteiger partial charge in [0.2, 0.25) is 0 Å². The highest BCUT2D eigenvalue weighted by Crippen LogP contribution is 2.39. The van der Waals surface area contributed by atoms with E-state index < -0.39 is 0 Å². The fraction of sp³-hybridized carbons (Fsp3) is 0.625. The quantitative estimate of drug-likeness (QED) is 0.896. The number of anilines is 1. The summed E-state index contributed by atoms with van der Waals surface area (Å²) >= 11 is 6.33. The van der Waals surface area contributed by atoms with Crippen LogP contribution in [-0.4, -0.2) is 18.2 Å². The molecule has 0 unspecified atom stereocenters. The Hall–Kier alpha value is -0.730. The van der Waals surface area contributed by atoms with Crippen molar-refractivity contribution in [3.8, 4) is 0 Å². The maximum absolute atomic E-state index is 9.49. The van der Waals surface area contributed by atoms with Crippen molar-refractivity contribution >= 4 is 17.3 Å². The molecule has 0 amide bonds. The highest BCUT2D eigenvalue weighted by molar-refractivity contribution is 6.33. The van der Waals surface area contributed by atoms with Gasteiger partial charge in [-0.1, -0.05) is 37.6 Å². The molecule has 19 heavy (non-hydrogen) atoms. The van der Waals surface area contributed by atoms with Crippen LogP contribution in [0.3, 0.4) is 0 Å². The van der Waals surface area contributed by atoms with Crippen LogP contribution in [0.1, 0.15) is 45.1 Å². The molecule has 1 aliphatic carbocycles. The molecule has 106 valence electrons. The van der Waals surface area contributed by atoms with Crippen LogP contribution in [0.15, 0.2) is 18.2 Å². The topological polar surface area (TPSA) is 23.5 Å². The second-order valence-electron chi connectivity index (χ2n) is 6.41. The van der Waals surface area contributed by atoms with E-state index in [4.69, 9.17) is 11.6 Å². The van der Waals surface area contributed by atoms with Crippen molar-refractivity contribution in [3.05, 3.63) is 28.8 Å².